The van der Waals surface area contributed by atoms with E-state index >= 15 is 0 Å². The fraction of sp³-hybridized carbons (Fsp3) is 1.00. The molecule has 0 aliphatic carbocycles. The van der Waals surface area contributed by atoms with Crippen molar-refractivity contribution in [2.45, 2.75) is 97.6 Å². The van der Waals surface area contributed by atoms with E-state index in [4.69, 9.17) is 4.74 Å². The Bertz CT molecular complexity index is 404. The second-order valence-electron chi connectivity index (χ2n) is 9.03. The summed E-state index contributed by atoms with van der Waals surface area (Å²) in [5.41, 5.74) is -0.252. The molecular weight excluding hydrogens is 322 g/mol. The van der Waals surface area contributed by atoms with Crippen LogP contribution in [0.15, 0.2) is 0 Å². The molecular formula is C22H49N3O. The van der Waals surface area contributed by atoms with Crippen molar-refractivity contribution in [3.8, 4) is 0 Å². The lowest BCUT2D eigenvalue weighted by molar-refractivity contribution is -0.350. The highest BCUT2D eigenvalue weighted by atomic mass is 16.6. The first-order valence-electron chi connectivity index (χ1n) is 10.6. The van der Waals surface area contributed by atoms with Crippen LogP contribution in [0.1, 0.15) is 80.6 Å². The minimum atomic E-state index is -0.549. The van der Waals surface area contributed by atoms with Crippen LogP contribution in [0, 0.1) is 5.41 Å². The zero-order valence-electron chi connectivity index (χ0n) is 20.3. The van der Waals surface area contributed by atoms with E-state index in [-0.39, 0.29) is 16.6 Å². The summed E-state index contributed by atoms with van der Waals surface area (Å²) in [5, 5.41) is 0. The molecule has 0 amide bonds. The largest absolute Gasteiger partial charge is 0.339 e. The molecule has 4 nitrogen and oxygen atoms in total. The van der Waals surface area contributed by atoms with Crippen LogP contribution in [0.3, 0.4) is 0 Å². The quantitative estimate of drug-likeness (QED) is 0.454. The Morgan fingerprint density at radius 1 is 0.577 bits per heavy atom. The van der Waals surface area contributed by atoms with E-state index in [9.17, 15) is 0 Å². The second-order valence-corrected chi connectivity index (χ2v) is 9.03. The lowest BCUT2D eigenvalue weighted by atomic mass is 9.61. The van der Waals surface area contributed by atoms with Crippen LogP contribution < -0.4 is 0 Å². The van der Waals surface area contributed by atoms with Gasteiger partial charge >= 0.3 is 0 Å². The third kappa shape index (κ3) is 3.85. The normalized spacial score (nSPS) is 16.6. The minimum Gasteiger partial charge on any atom is -0.339 e. The molecule has 0 aromatic carbocycles. The summed E-state index contributed by atoms with van der Waals surface area (Å²) in [6.07, 6.45) is 5.22. The molecule has 1 atom stereocenters. The Hall–Kier alpha value is -0.160. The number of nitrogens with zero attached hydrogens (tertiary/aromatic N) is 3. The first kappa shape index (κ1) is 25.8. The van der Waals surface area contributed by atoms with E-state index in [1.165, 1.54) is 0 Å². The van der Waals surface area contributed by atoms with E-state index in [1.54, 1.807) is 0 Å². The lowest BCUT2D eigenvalue weighted by Gasteiger charge is -2.66. The monoisotopic (exact) mass is 371 g/mol. The summed E-state index contributed by atoms with van der Waals surface area (Å²) in [4.78, 5) is 7.05. The van der Waals surface area contributed by atoms with Crippen molar-refractivity contribution in [1.82, 2.24) is 14.7 Å². The number of hydrogen-bond donors (Lipinski definition) is 0. The van der Waals surface area contributed by atoms with Gasteiger partial charge in [0.25, 0.3) is 0 Å². The minimum absolute atomic E-state index is 0.0994. The smallest absolute Gasteiger partial charge is 0.198 e. The van der Waals surface area contributed by atoms with E-state index in [1.807, 2.05) is 0 Å². The lowest BCUT2D eigenvalue weighted by Crippen LogP contribution is -2.80. The summed E-state index contributed by atoms with van der Waals surface area (Å²) < 4.78 is 7.22. The predicted molar refractivity (Wildman–Crippen MR) is 116 cm³/mol. The van der Waals surface area contributed by atoms with Crippen LogP contribution in [0.4, 0.5) is 0 Å². The number of ether oxygens (including phenoxy) is 1. The predicted octanol–water partition coefficient (Wildman–Crippen LogP) is 4.90. The van der Waals surface area contributed by atoms with Crippen molar-refractivity contribution in [2.75, 3.05) is 42.3 Å². The van der Waals surface area contributed by atoms with Crippen LogP contribution in [-0.2, 0) is 4.74 Å². The second kappa shape index (κ2) is 9.36. The van der Waals surface area contributed by atoms with Crippen LogP contribution >= 0.6 is 0 Å². The fourth-order valence-corrected chi connectivity index (χ4v) is 5.18. The standard InChI is InChI=1S/C22H49N3O/c1-14-19(6,15-2)21(18-5,23(8)9)22(24(10)11,25(12)13)26-20(7,16-3)17-4/h14-18H2,1-13H3. The molecule has 0 aromatic rings. The Morgan fingerprint density at radius 2 is 0.962 bits per heavy atom. The van der Waals surface area contributed by atoms with Gasteiger partial charge in [0.2, 0.25) is 0 Å². The molecule has 0 aromatic heterocycles. The Labute approximate surface area is 165 Å². The molecule has 158 valence electrons. The Morgan fingerprint density at radius 3 is 1.15 bits per heavy atom. The molecule has 0 bridgehead atoms. The molecule has 0 fully saturated rings. The van der Waals surface area contributed by atoms with Crippen molar-refractivity contribution in [2.24, 2.45) is 5.41 Å². The van der Waals surface area contributed by atoms with Gasteiger partial charge in [-0.3, -0.25) is 14.7 Å². The summed E-state index contributed by atoms with van der Waals surface area (Å²) in [7, 11) is 13.1. The molecule has 1 unspecified atom stereocenters. The molecule has 0 spiro atoms. The maximum atomic E-state index is 7.22. The van der Waals surface area contributed by atoms with Gasteiger partial charge in [0.1, 0.15) is 0 Å². The van der Waals surface area contributed by atoms with Gasteiger partial charge in [-0.25, -0.2) is 0 Å². The molecule has 0 saturated heterocycles. The summed E-state index contributed by atoms with van der Waals surface area (Å²) in [6, 6.07) is 0. The fourth-order valence-electron chi connectivity index (χ4n) is 5.18. The Kier molecular flexibility index (Phi) is 9.30. The zero-order chi connectivity index (χ0) is 21.0. The number of hydrogen-bond acceptors (Lipinski definition) is 4. The van der Waals surface area contributed by atoms with Gasteiger partial charge in [-0.1, -0.05) is 41.5 Å². The molecule has 26 heavy (non-hydrogen) atoms. The van der Waals surface area contributed by atoms with Gasteiger partial charge < -0.3 is 4.74 Å². The van der Waals surface area contributed by atoms with Gasteiger partial charge in [-0.15, -0.1) is 0 Å². The molecule has 0 saturated carbocycles. The van der Waals surface area contributed by atoms with Crippen LogP contribution in [0.2, 0.25) is 0 Å². The number of rotatable bonds is 12. The Balaban J connectivity index is 7.05. The third-order valence-electron chi connectivity index (χ3n) is 7.47. The average Bonchev–Trinajstić information content (AvgIpc) is 2.60. The van der Waals surface area contributed by atoms with Gasteiger partial charge in [-0.05, 0) is 86.7 Å². The molecule has 0 rings (SSSR count). The molecule has 4 heteroatoms. The van der Waals surface area contributed by atoms with E-state index in [0.29, 0.717) is 0 Å². The van der Waals surface area contributed by atoms with Crippen molar-refractivity contribution >= 4 is 0 Å². The highest BCUT2D eigenvalue weighted by Crippen LogP contribution is 2.54. The first-order chi connectivity index (χ1) is 11.8. The summed E-state index contributed by atoms with van der Waals surface area (Å²) in [5.74, 6) is -0.549. The highest BCUT2D eigenvalue weighted by molar-refractivity contribution is 5.13. The third-order valence-corrected chi connectivity index (χ3v) is 7.47. The van der Waals surface area contributed by atoms with Crippen LogP contribution in [-0.4, -0.2) is 74.0 Å². The van der Waals surface area contributed by atoms with Crippen molar-refractivity contribution in [3.05, 3.63) is 0 Å². The van der Waals surface area contributed by atoms with E-state index in [0.717, 1.165) is 32.1 Å². The topological polar surface area (TPSA) is 19.0 Å². The molecule has 0 heterocycles. The van der Waals surface area contributed by atoms with Crippen molar-refractivity contribution in [1.29, 1.82) is 0 Å². The highest BCUT2D eigenvalue weighted by Gasteiger charge is 2.65. The van der Waals surface area contributed by atoms with Crippen molar-refractivity contribution < 1.29 is 4.74 Å². The number of likely N-dealkylation sites (N-methyl/N-ethyl adjacent to an activating group) is 3. The molecule has 0 radical (unpaired) electrons. The van der Waals surface area contributed by atoms with Crippen molar-refractivity contribution in [3.63, 3.8) is 0 Å². The average molecular weight is 372 g/mol. The summed E-state index contributed by atoms with van der Waals surface area (Å²) >= 11 is 0. The SMILES string of the molecule is CCC(C)(CC)OC(N(C)C)(N(C)C)C(CC)(N(C)C)C(C)(CC)CC. The van der Waals surface area contributed by atoms with Crippen LogP contribution in [0.25, 0.3) is 0 Å². The molecule has 0 aliphatic heterocycles. The zero-order valence-corrected chi connectivity index (χ0v) is 20.3. The first-order valence-corrected chi connectivity index (χ1v) is 10.6. The summed E-state index contributed by atoms with van der Waals surface area (Å²) in [6.45, 7) is 16.2. The van der Waals surface area contributed by atoms with Gasteiger partial charge in [0.15, 0.2) is 5.85 Å². The maximum absolute atomic E-state index is 7.22. The van der Waals surface area contributed by atoms with Crippen LogP contribution in [0.5, 0.6) is 0 Å². The van der Waals surface area contributed by atoms with E-state index in [2.05, 4.69) is 105 Å². The molecule has 0 aliphatic rings. The van der Waals surface area contributed by atoms with Gasteiger partial charge in [0.05, 0.1) is 11.1 Å². The maximum Gasteiger partial charge on any atom is 0.198 e. The van der Waals surface area contributed by atoms with E-state index < -0.39 is 5.85 Å². The van der Waals surface area contributed by atoms with Gasteiger partial charge in [-0.2, -0.15) is 0 Å². The molecule has 0 N–H and O–H groups in total. The van der Waals surface area contributed by atoms with Gasteiger partial charge in [0, 0.05) is 0 Å².